The lowest BCUT2D eigenvalue weighted by Crippen LogP contribution is -2.30. The predicted molar refractivity (Wildman–Crippen MR) is 157 cm³/mol. The Morgan fingerprint density at radius 2 is 1.72 bits per heavy atom. The lowest BCUT2D eigenvalue weighted by molar-refractivity contribution is -0.140. The molecule has 4 aromatic rings. The normalized spacial score (nSPS) is 14.5. The molecule has 1 unspecified atom stereocenters. The van der Waals surface area contributed by atoms with Crippen molar-refractivity contribution in [1.82, 2.24) is 14.8 Å². The molecule has 0 bridgehead atoms. The molecular formula is C30H29BrN4O3S. The summed E-state index contributed by atoms with van der Waals surface area (Å²) in [5, 5.41) is 8.74. The third-order valence-electron chi connectivity index (χ3n) is 6.20. The van der Waals surface area contributed by atoms with E-state index in [2.05, 4.69) is 28.2 Å². The van der Waals surface area contributed by atoms with Crippen molar-refractivity contribution >= 4 is 39.6 Å². The van der Waals surface area contributed by atoms with Crippen LogP contribution in [0.1, 0.15) is 43.0 Å². The molecule has 3 aromatic carbocycles. The fraction of sp³-hybridized carbons (Fsp3) is 0.233. The molecule has 200 valence electrons. The average molecular weight is 606 g/mol. The van der Waals surface area contributed by atoms with Crippen LogP contribution >= 0.6 is 27.7 Å². The Labute approximate surface area is 240 Å². The molecule has 9 heteroatoms. The van der Waals surface area contributed by atoms with Crippen LogP contribution in [0.3, 0.4) is 0 Å². The van der Waals surface area contributed by atoms with Gasteiger partial charge in [-0.15, -0.1) is 5.10 Å². The molecule has 1 atom stereocenters. The summed E-state index contributed by atoms with van der Waals surface area (Å²) in [7, 11) is 0. The number of aromatic nitrogens is 3. The maximum atomic E-state index is 13.7. The van der Waals surface area contributed by atoms with E-state index in [1.54, 1.807) is 16.4 Å². The van der Waals surface area contributed by atoms with Gasteiger partial charge in [0.2, 0.25) is 11.1 Å². The third kappa shape index (κ3) is 6.37. The van der Waals surface area contributed by atoms with Gasteiger partial charge in [-0.3, -0.25) is 0 Å². The monoisotopic (exact) mass is 604 g/mol. The van der Waals surface area contributed by atoms with Gasteiger partial charge < -0.3 is 14.8 Å². The highest BCUT2D eigenvalue weighted by Crippen LogP contribution is 2.41. The first-order valence-corrected chi connectivity index (χ1v) is 14.6. The second-order valence-electron chi connectivity index (χ2n) is 9.10. The lowest BCUT2D eigenvalue weighted by Gasteiger charge is -2.29. The topological polar surface area (TPSA) is 78.3 Å². The van der Waals surface area contributed by atoms with Crippen molar-refractivity contribution in [3.8, 4) is 5.75 Å². The van der Waals surface area contributed by atoms with Gasteiger partial charge in [0.1, 0.15) is 25.0 Å². The fourth-order valence-electron chi connectivity index (χ4n) is 4.34. The van der Waals surface area contributed by atoms with E-state index in [0.29, 0.717) is 34.7 Å². The number of halogens is 1. The maximum absolute atomic E-state index is 13.7. The molecule has 7 nitrogen and oxygen atoms in total. The van der Waals surface area contributed by atoms with Crippen molar-refractivity contribution in [2.24, 2.45) is 0 Å². The Bertz CT molecular complexity index is 1470. The summed E-state index contributed by atoms with van der Waals surface area (Å²) in [5.74, 6) is 1.70. The van der Waals surface area contributed by atoms with Crippen LogP contribution in [0.15, 0.2) is 99.8 Å². The number of fused-ring (bicyclic) bond motifs is 1. The maximum Gasteiger partial charge on any atom is 0.338 e. The smallest absolute Gasteiger partial charge is 0.338 e. The highest BCUT2D eigenvalue weighted by Gasteiger charge is 2.37. The molecule has 5 rings (SSSR count). The molecule has 39 heavy (non-hydrogen) atoms. The van der Waals surface area contributed by atoms with Crippen molar-refractivity contribution in [3.05, 3.63) is 111 Å². The molecule has 1 aromatic heterocycles. The van der Waals surface area contributed by atoms with Crippen molar-refractivity contribution in [1.29, 1.82) is 0 Å². The Kier molecular flexibility index (Phi) is 8.68. The van der Waals surface area contributed by atoms with E-state index >= 15 is 0 Å². The zero-order valence-corrected chi connectivity index (χ0v) is 24.2. The first kappa shape index (κ1) is 27.0. The predicted octanol–water partition coefficient (Wildman–Crippen LogP) is 7.15. The molecule has 0 amide bonds. The number of benzene rings is 3. The van der Waals surface area contributed by atoms with Gasteiger partial charge in [-0.1, -0.05) is 95.3 Å². The van der Waals surface area contributed by atoms with Crippen molar-refractivity contribution < 1.29 is 14.3 Å². The Morgan fingerprint density at radius 3 is 2.41 bits per heavy atom. The van der Waals surface area contributed by atoms with Crippen LogP contribution in [0, 0.1) is 0 Å². The van der Waals surface area contributed by atoms with Crippen LogP contribution < -0.4 is 10.1 Å². The minimum Gasteiger partial charge on any atom is -0.489 e. The molecule has 0 radical (unpaired) electrons. The Balaban J connectivity index is 1.54. The zero-order valence-electron chi connectivity index (χ0n) is 21.8. The van der Waals surface area contributed by atoms with E-state index in [0.717, 1.165) is 33.3 Å². The SMILES string of the molecule is CCCSc1nc2n(n1)C(c1cc(Br)ccc1OCc1ccccc1)C(C(=O)OCc1ccccc1)=C(C)N2. The number of allylic oxidation sites excluding steroid dienone is 1. The Morgan fingerprint density at radius 1 is 1.03 bits per heavy atom. The number of hydrogen-bond acceptors (Lipinski definition) is 7. The van der Waals surface area contributed by atoms with Gasteiger partial charge in [0.25, 0.3) is 0 Å². The van der Waals surface area contributed by atoms with Gasteiger partial charge in [0.05, 0.1) is 5.57 Å². The quantitative estimate of drug-likeness (QED) is 0.152. The summed E-state index contributed by atoms with van der Waals surface area (Å²) in [6, 6.07) is 24.8. The standard InChI is InChI=1S/C30H29BrN4O3S/c1-3-16-39-30-33-29-32-20(2)26(28(36)38-19-22-12-8-5-9-13-22)27(35(29)34-30)24-17-23(31)14-15-25(24)37-18-21-10-6-4-7-11-21/h4-15,17,27H,3,16,18-19H2,1-2H3,(H,32,33,34). The lowest BCUT2D eigenvalue weighted by atomic mass is 9.95. The molecule has 1 N–H and O–H groups in total. The molecule has 1 aliphatic heterocycles. The summed E-state index contributed by atoms with van der Waals surface area (Å²) < 4.78 is 14.8. The van der Waals surface area contributed by atoms with Gasteiger partial charge in [-0.25, -0.2) is 9.48 Å². The number of nitrogens with one attached hydrogen (secondary N) is 1. The number of nitrogens with zero attached hydrogens (tertiary/aromatic N) is 3. The summed E-state index contributed by atoms with van der Waals surface area (Å²) in [6.07, 6.45) is 1.00. The third-order valence-corrected chi connectivity index (χ3v) is 7.74. The number of rotatable bonds is 10. The van der Waals surface area contributed by atoms with Crippen LogP contribution in [-0.4, -0.2) is 26.5 Å². The van der Waals surface area contributed by atoms with Crippen LogP contribution in [-0.2, 0) is 22.7 Å². The van der Waals surface area contributed by atoms with Crippen LogP contribution in [0.4, 0.5) is 5.95 Å². The fourth-order valence-corrected chi connectivity index (χ4v) is 5.40. The van der Waals surface area contributed by atoms with Gasteiger partial charge in [-0.05, 0) is 42.7 Å². The van der Waals surface area contributed by atoms with Crippen molar-refractivity contribution in [2.75, 3.05) is 11.1 Å². The minimum atomic E-state index is -0.601. The highest BCUT2D eigenvalue weighted by atomic mass is 79.9. The number of esters is 1. The van der Waals surface area contributed by atoms with Gasteiger partial charge >= 0.3 is 5.97 Å². The second kappa shape index (κ2) is 12.5. The molecule has 0 saturated carbocycles. The molecule has 2 heterocycles. The molecular weight excluding hydrogens is 576 g/mol. The molecule has 1 aliphatic rings. The van der Waals surface area contributed by atoms with E-state index in [4.69, 9.17) is 19.6 Å². The number of anilines is 1. The average Bonchev–Trinajstić information content (AvgIpc) is 3.36. The highest BCUT2D eigenvalue weighted by molar-refractivity contribution is 9.10. The van der Waals surface area contributed by atoms with E-state index in [-0.39, 0.29) is 6.61 Å². The van der Waals surface area contributed by atoms with E-state index in [1.165, 1.54) is 0 Å². The minimum absolute atomic E-state index is 0.167. The molecule has 0 aliphatic carbocycles. The van der Waals surface area contributed by atoms with Gasteiger partial charge in [-0.2, -0.15) is 4.98 Å². The number of hydrogen-bond donors (Lipinski definition) is 1. The van der Waals surface area contributed by atoms with E-state index < -0.39 is 12.0 Å². The molecule has 0 saturated heterocycles. The summed E-state index contributed by atoms with van der Waals surface area (Å²) in [6.45, 7) is 4.54. The number of carbonyl (C=O) groups is 1. The number of thioether (sulfide) groups is 1. The first-order valence-electron chi connectivity index (χ1n) is 12.8. The first-order chi connectivity index (χ1) is 19.0. The summed E-state index contributed by atoms with van der Waals surface area (Å²) in [4.78, 5) is 18.4. The van der Waals surface area contributed by atoms with Crippen LogP contribution in [0.5, 0.6) is 5.75 Å². The number of ether oxygens (including phenoxy) is 2. The van der Waals surface area contributed by atoms with Crippen LogP contribution in [0.2, 0.25) is 0 Å². The number of carbonyl (C=O) groups excluding carboxylic acids is 1. The van der Waals surface area contributed by atoms with Crippen molar-refractivity contribution in [3.63, 3.8) is 0 Å². The second-order valence-corrected chi connectivity index (χ2v) is 11.1. The summed E-state index contributed by atoms with van der Waals surface area (Å²) >= 11 is 5.21. The van der Waals surface area contributed by atoms with Gasteiger partial charge in [0.15, 0.2) is 0 Å². The largest absolute Gasteiger partial charge is 0.489 e. The van der Waals surface area contributed by atoms with Crippen molar-refractivity contribution in [2.45, 2.75) is 44.7 Å². The Hall–Kier alpha value is -3.56. The van der Waals surface area contributed by atoms with Crippen LogP contribution in [0.25, 0.3) is 0 Å². The van der Waals surface area contributed by atoms with E-state index in [1.807, 2.05) is 85.8 Å². The molecule has 0 spiro atoms. The zero-order chi connectivity index (χ0) is 27.2. The van der Waals surface area contributed by atoms with E-state index in [9.17, 15) is 4.79 Å². The summed E-state index contributed by atoms with van der Waals surface area (Å²) in [5.41, 5.74) is 3.87. The molecule has 0 fully saturated rings. The van der Waals surface area contributed by atoms with Gasteiger partial charge in [0, 0.05) is 21.5 Å².